The number of aromatic nitrogens is 2. The molecule has 1 saturated heterocycles. The summed E-state index contributed by atoms with van der Waals surface area (Å²) in [6.07, 6.45) is -0.613. The number of carbonyl (C=O) groups excluding carboxylic acids is 1. The van der Waals surface area contributed by atoms with Gasteiger partial charge in [-0.2, -0.15) is 4.98 Å². The topological polar surface area (TPSA) is 90.2 Å². The zero-order chi connectivity index (χ0) is 21.9. The molecule has 1 amide bonds. The number of para-hydroxylation sites is 2. The van der Waals surface area contributed by atoms with Gasteiger partial charge in [-0.05, 0) is 24.3 Å². The van der Waals surface area contributed by atoms with E-state index in [1.165, 1.54) is 0 Å². The third-order valence-electron chi connectivity index (χ3n) is 5.62. The number of ether oxygens (including phenoxy) is 3. The summed E-state index contributed by atoms with van der Waals surface area (Å²) in [5, 5.41) is 4.09. The van der Waals surface area contributed by atoms with Crippen LogP contribution in [0.4, 0.5) is 0 Å². The van der Waals surface area contributed by atoms with Crippen molar-refractivity contribution in [2.45, 2.75) is 12.6 Å². The van der Waals surface area contributed by atoms with Crippen LogP contribution in [0.2, 0.25) is 0 Å². The second kappa shape index (κ2) is 8.88. The van der Waals surface area contributed by atoms with E-state index in [2.05, 4.69) is 15.0 Å². The molecule has 9 heteroatoms. The Hall–Kier alpha value is -3.59. The minimum absolute atomic E-state index is 0.0442. The molecule has 2 aliphatic heterocycles. The molecule has 3 heterocycles. The van der Waals surface area contributed by atoms with Crippen LogP contribution in [0.25, 0.3) is 11.4 Å². The van der Waals surface area contributed by atoms with Crippen molar-refractivity contribution in [3.05, 3.63) is 54.4 Å². The highest BCUT2D eigenvalue weighted by Crippen LogP contribution is 2.31. The first kappa shape index (κ1) is 20.3. The van der Waals surface area contributed by atoms with Crippen molar-refractivity contribution in [3.8, 4) is 28.6 Å². The van der Waals surface area contributed by atoms with Crippen LogP contribution < -0.4 is 14.2 Å². The zero-order valence-electron chi connectivity index (χ0n) is 17.8. The number of benzene rings is 2. The first-order valence-corrected chi connectivity index (χ1v) is 10.6. The van der Waals surface area contributed by atoms with Gasteiger partial charge in [0.15, 0.2) is 11.5 Å². The van der Waals surface area contributed by atoms with Crippen molar-refractivity contribution in [2.24, 2.45) is 0 Å². The van der Waals surface area contributed by atoms with E-state index in [0.717, 1.165) is 11.3 Å². The first-order chi connectivity index (χ1) is 15.7. The van der Waals surface area contributed by atoms with Gasteiger partial charge in [0.05, 0.1) is 13.7 Å². The molecule has 1 unspecified atom stereocenters. The van der Waals surface area contributed by atoms with E-state index in [-0.39, 0.29) is 12.5 Å². The number of rotatable bonds is 5. The van der Waals surface area contributed by atoms with Crippen molar-refractivity contribution in [2.75, 3.05) is 39.9 Å². The maximum atomic E-state index is 12.9. The molecule has 2 aliphatic rings. The highest BCUT2D eigenvalue weighted by molar-refractivity contribution is 5.82. The highest BCUT2D eigenvalue weighted by Gasteiger charge is 2.32. The third kappa shape index (κ3) is 4.24. The quantitative estimate of drug-likeness (QED) is 0.602. The van der Waals surface area contributed by atoms with Gasteiger partial charge in [-0.25, -0.2) is 0 Å². The number of nitrogens with zero attached hydrogens (tertiary/aromatic N) is 4. The van der Waals surface area contributed by atoms with E-state index in [1.54, 1.807) is 7.11 Å². The molecule has 9 nitrogen and oxygen atoms in total. The molecule has 0 bridgehead atoms. The molecule has 1 aromatic heterocycles. The van der Waals surface area contributed by atoms with Gasteiger partial charge in [-0.3, -0.25) is 9.69 Å². The monoisotopic (exact) mass is 436 g/mol. The first-order valence-electron chi connectivity index (χ1n) is 10.6. The maximum Gasteiger partial charge on any atom is 0.267 e. The van der Waals surface area contributed by atoms with Gasteiger partial charge in [0, 0.05) is 31.7 Å². The van der Waals surface area contributed by atoms with Gasteiger partial charge < -0.3 is 23.6 Å². The molecule has 166 valence electrons. The molecule has 5 rings (SSSR count). The molecule has 0 N–H and O–H groups in total. The fourth-order valence-corrected chi connectivity index (χ4v) is 3.86. The lowest BCUT2D eigenvalue weighted by molar-refractivity contribution is -0.143. The molecular weight excluding hydrogens is 412 g/mol. The summed E-state index contributed by atoms with van der Waals surface area (Å²) in [4.78, 5) is 21.4. The van der Waals surface area contributed by atoms with Crippen LogP contribution in [-0.2, 0) is 11.3 Å². The molecule has 0 spiro atoms. The van der Waals surface area contributed by atoms with Gasteiger partial charge in [0.1, 0.15) is 12.4 Å². The Balaban J connectivity index is 1.15. The summed E-state index contributed by atoms with van der Waals surface area (Å²) in [5.41, 5.74) is 0.839. The van der Waals surface area contributed by atoms with Crippen LogP contribution in [0.1, 0.15) is 5.89 Å². The van der Waals surface area contributed by atoms with Gasteiger partial charge in [-0.1, -0.05) is 29.4 Å². The summed E-state index contributed by atoms with van der Waals surface area (Å²) >= 11 is 0. The summed E-state index contributed by atoms with van der Waals surface area (Å²) < 4.78 is 22.2. The Kier molecular flexibility index (Phi) is 5.64. The fourth-order valence-electron chi connectivity index (χ4n) is 3.86. The van der Waals surface area contributed by atoms with Crippen LogP contribution in [0.15, 0.2) is 53.1 Å². The molecule has 3 aromatic rings. The molecule has 1 atom stereocenters. The number of fused-ring (bicyclic) bond motifs is 1. The highest BCUT2D eigenvalue weighted by atomic mass is 16.6. The maximum absolute atomic E-state index is 12.9. The van der Waals surface area contributed by atoms with E-state index < -0.39 is 6.10 Å². The van der Waals surface area contributed by atoms with Crippen LogP contribution in [0.5, 0.6) is 17.2 Å². The van der Waals surface area contributed by atoms with Crippen molar-refractivity contribution in [1.82, 2.24) is 19.9 Å². The fraction of sp³-hybridized carbons (Fsp3) is 0.348. The average Bonchev–Trinajstić information content (AvgIpc) is 3.32. The number of hydrogen-bond donors (Lipinski definition) is 0. The molecular formula is C23H24N4O5. The number of carbonyl (C=O) groups is 1. The zero-order valence-corrected chi connectivity index (χ0v) is 17.8. The van der Waals surface area contributed by atoms with Crippen molar-refractivity contribution in [1.29, 1.82) is 0 Å². The van der Waals surface area contributed by atoms with E-state index in [4.69, 9.17) is 18.7 Å². The Bertz CT molecular complexity index is 1090. The lowest BCUT2D eigenvalue weighted by Crippen LogP contribution is -2.53. The SMILES string of the molecule is COc1cccc(-c2noc(CN3CCN(C(=O)C4COc5ccccc5O4)CC3)n2)c1. The van der Waals surface area contributed by atoms with Crippen molar-refractivity contribution in [3.63, 3.8) is 0 Å². The average molecular weight is 436 g/mol. The predicted molar refractivity (Wildman–Crippen MR) is 114 cm³/mol. The van der Waals surface area contributed by atoms with Crippen LogP contribution in [-0.4, -0.2) is 71.8 Å². The van der Waals surface area contributed by atoms with Gasteiger partial charge in [-0.15, -0.1) is 0 Å². The summed E-state index contributed by atoms with van der Waals surface area (Å²) in [6, 6.07) is 14.9. The van der Waals surface area contributed by atoms with Crippen molar-refractivity contribution >= 4 is 5.91 Å². The Morgan fingerprint density at radius 3 is 2.72 bits per heavy atom. The minimum atomic E-state index is -0.613. The Morgan fingerprint density at radius 2 is 1.91 bits per heavy atom. The smallest absolute Gasteiger partial charge is 0.267 e. The standard InChI is InChI=1S/C23H24N4O5/c1-29-17-6-4-5-16(13-17)22-24-21(32-25-22)14-26-9-11-27(12-10-26)23(28)20-15-30-18-7-2-3-8-19(18)31-20/h2-8,13,20H,9-12,14-15H2,1H3. The van der Waals surface area contributed by atoms with Crippen LogP contribution in [0, 0.1) is 0 Å². The van der Waals surface area contributed by atoms with Gasteiger partial charge in [0.2, 0.25) is 17.8 Å². The Labute approximate surface area is 185 Å². The van der Waals surface area contributed by atoms with E-state index in [9.17, 15) is 4.79 Å². The van der Waals surface area contributed by atoms with E-state index in [1.807, 2.05) is 53.4 Å². The normalized spacial score (nSPS) is 18.4. The lowest BCUT2D eigenvalue weighted by atomic mass is 10.2. The molecule has 1 fully saturated rings. The lowest BCUT2D eigenvalue weighted by Gasteiger charge is -2.36. The predicted octanol–water partition coefficient (Wildman–Crippen LogP) is 2.23. The largest absolute Gasteiger partial charge is 0.497 e. The molecule has 2 aromatic carbocycles. The van der Waals surface area contributed by atoms with E-state index >= 15 is 0 Å². The minimum Gasteiger partial charge on any atom is -0.497 e. The second-order valence-electron chi connectivity index (χ2n) is 7.71. The van der Waals surface area contributed by atoms with E-state index in [0.29, 0.717) is 55.9 Å². The van der Waals surface area contributed by atoms with Crippen LogP contribution in [0.3, 0.4) is 0 Å². The molecule has 0 aliphatic carbocycles. The number of hydrogen-bond acceptors (Lipinski definition) is 8. The second-order valence-corrected chi connectivity index (χ2v) is 7.71. The van der Waals surface area contributed by atoms with Crippen molar-refractivity contribution < 1.29 is 23.5 Å². The molecule has 0 saturated carbocycles. The molecule has 0 radical (unpaired) electrons. The summed E-state index contributed by atoms with van der Waals surface area (Å²) in [6.45, 7) is 3.41. The summed E-state index contributed by atoms with van der Waals surface area (Å²) in [5.74, 6) is 3.06. The summed E-state index contributed by atoms with van der Waals surface area (Å²) in [7, 11) is 1.62. The van der Waals surface area contributed by atoms with Gasteiger partial charge >= 0.3 is 0 Å². The Morgan fingerprint density at radius 1 is 1.09 bits per heavy atom. The third-order valence-corrected chi connectivity index (χ3v) is 5.62. The van der Waals surface area contributed by atoms with Gasteiger partial charge in [0.25, 0.3) is 5.91 Å². The number of piperazine rings is 1. The molecule has 32 heavy (non-hydrogen) atoms. The number of amides is 1. The van der Waals surface area contributed by atoms with Crippen LogP contribution >= 0.6 is 0 Å². The number of methoxy groups -OCH3 is 1.